The van der Waals surface area contributed by atoms with Crippen molar-refractivity contribution < 1.29 is 4.74 Å². The molecule has 1 unspecified atom stereocenters. The number of benzene rings is 1. The van der Waals surface area contributed by atoms with Crippen LogP contribution in [0.25, 0.3) is 0 Å². The minimum atomic E-state index is 0.420. The van der Waals surface area contributed by atoms with E-state index < -0.39 is 0 Å². The smallest absolute Gasteiger partial charge is 0.193 e. The molecule has 3 N–H and O–H groups in total. The van der Waals surface area contributed by atoms with Crippen molar-refractivity contribution in [2.45, 2.75) is 26.5 Å². The van der Waals surface area contributed by atoms with Crippen LogP contribution in [0.5, 0.6) is 0 Å². The van der Waals surface area contributed by atoms with E-state index in [1.807, 2.05) is 24.3 Å². The Morgan fingerprint density at radius 3 is 2.56 bits per heavy atom. The molecule has 0 amide bonds. The summed E-state index contributed by atoms with van der Waals surface area (Å²) < 4.78 is 5.24. The lowest BCUT2D eigenvalue weighted by Crippen LogP contribution is -2.51. The Morgan fingerprint density at radius 1 is 1.24 bits per heavy atom. The summed E-state index contributed by atoms with van der Waals surface area (Å²) in [4.78, 5) is 9.54. The van der Waals surface area contributed by atoms with E-state index in [9.17, 15) is 0 Å². The molecule has 1 aromatic carbocycles. The summed E-state index contributed by atoms with van der Waals surface area (Å²) in [5, 5.41) is 3.22. The average molecular weight is 348 g/mol. The maximum atomic E-state index is 6.14. The van der Waals surface area contributed by atoms with Crippen molar-refractivity contribution in [2.24, 2.45) is 16.6 Å². The number of para-hydroxylation sites is 1. The second-order valence-corrected chi connectivity index (χ2v) is 7.09. The molecule has 6 heteroatoms. The van der Waals surface area contributed by atoms with Crippen LogP contribution in [0.4, 0.5) is 5.69 Å². The van der Waals surface area contributed by atoms with Gasteiger partial charge < -0.3 is 20.7 Å². The Hall–Kier alpha value is -1.63. The summed E-state index contributed by atoms with van der Waals surface area (Å²) in [6.07, 6.45) is 0. The van der Waals surface area contributed by atoms with Crippen LogP contribution in [0.15, 0.2) is 29.3 Å². The van der Waals surface area contributed by atoms with Crippen molar-refractivity contribution in [1.82, 2.24) is 9.80 Å². The lowest BCUT2D eigenvalue weighted by atomic mass is 10.0. The van der Waals surface area contributed by atoms with E-state index in [0.717, 1.165) is 37.4 Å². The number of ether oxygens (including phenoxy) is 1. The molecule has 1 aliphatic heterocycles. The van der Waals surface area contributed by atoms with Crippen LogP contribution in [0.1, 0.15) is 19.4 Å². The monoisotopic (exact) mass is 347 g/mol. The molecule has 0 spiro atoms. The number of rotatable bonds is 7. The van der Waals surface area contributed by atoms with Crippen molar-refractivity contribution in [3.8, 4) is 0 Å². The molecular formula is C19H33N5O. The first-order valence-electron chi connectivity index (χ1n) is 9.07. The third-order valence-electron chi connectivity index (χ3n) is 4.81. The first kappa shape index (κ1) is 19.7. The largest absolute Gasteiger partial charge is 0.380 e. The highest BCUT2D eigenvalue weighted by Gasteiger charge is 2.24. The number of guanidine groups is 1. The molecule has 0 radical (unpaired) electrons. The van der Waals surface area contributed by atoms with Crippen molar-refractivity contribution in [3.63, 3.8) is 0 Å². The number of nitrogens with two attached hydrogens (primary N) is 1. The van der Waals surface area contributed by atoms with E-state index in [1.165, 1.54) is 0 Å². The van der Waals surface area contributed by atoms with Crippen LogP contribution in [-0.2, 0) is 11.3 Å². The zero-order valence-corrected chi connectivity index (χ0v) is 16.0. The summed E-state index contributed by atoms with van der Waals surface area (Å²) >= 11 is 0. The maximum Gasteiger partial charge on any atom is 0.193 e. The fourth-order valence-electron chi connectivity index (χ4n) is 3.19. The van der Waals surface area contributed by atoms with Gasteiger partial charge in [-0.3, -0.25) is 9.89 Å². The number of anilines is 1. The van der Waals surface area contributed by atoms with E-state index >= 15 is 0 Å². The standard InChI is InChI=1S/C19H33N5O/c1-15(2)18(24-11-9-23(3)10-12-24)13-21-19(20)22-17-8-6-5-7-16(17)14-25-4/h5-8,15,18H,9-14H2,1-4H3,(H3,20,21,22). The number of likely N-dealkylation sites (N-methyl/N-ethyl adjacent to an activating group) is 1. The normalized spacial score (nSPS) is 18.5. The third kappa shape index (κ3) is 5.99. The zero-order valence-electron chi connectivity index (χ0n) is 16.0. The molecule has 6 nitrogen and oxygen atoms in total. The molecule has 1 fully saturated rings. The van der Waals surface area contributed by atoms with Crippen LogP contribution in [0.3, 0.4) is 0 Å². The molecular weight excluding hydrogens is 314 g/mol. The molecule has 1 saturated heterocycles. The van der Waals surface area contributed by atoms with Crippen LogP contribution in [0.2, 0.25) is 0 Å². The molecule has 0 aliphatic carbocycles. The molecule has 2 rings (SSSR count). The van der Waals surface area contributed by atoms with E-state index in [1.54, 1.807) is 7.11 Å². The van der Waals surface area contributed by atoms with E-state index in [0.29, 0.717) is 31.1 Å². The summed E-state index contributed by atoms with van der Waals surface area (Å²) in [5.74, 6) is 1.00. The highest BCUT2D eigenvalue weighted by Crippen LogP contribution is 2.16. The van der Waals surface area contributed by atoms with Gasteiger partial charge in [0.1, 0.15) is 0 Å². The number of piperazine rings is 1. The van der Waals surface area contributed by atoms with Gasteiger partial charge in [0.25, 0.3) is 0 Å². The molecule has 0 bridgehead atoms. The summed E-state index contributed by atoms with van der Waals surface area (Å²) in [6.45, 7) is 10.2. The molecule has 0 saturated carbocycles. The fourth-order valence-corrected chi connectivity index (χ4v) is 3.19. The quantitative estimate of drug-likeness (QED) is 0.582. The number of hydrogen-bond donors (Lipinski definition) is 2. The average Bonchev–Trinajstić information content (AvgIpc) is 2.58. The first-order chi connectivity index (χ1) is 12.0. The number of hydrogen-bond acceptors (Lipinski definition) is 4. The predicted molar refractivity (Wildman–Crippen MR) is 105 cm³/mol. The lowest BCUT2D eigenvalue weighted by Gasteiger charge is -2.39. The van der Waals surface area contributed by atoms with Gasteiger partial charge in [-0.1, -0.05) is 32.0 Å². The van der Waals surface area contributed by atoms with Gasteiger partial charge in [-0.05, 0) is 19.0 Å². The van der Waals surface area contributed by atoms with Crippen LogP contribution < -0.4 is 11.1 Å². The first-order valence-corrected chi connectivity index (χ1v) is 9.07. The minimum Gasteiger partial charge on any atom is -0.380 e. The molecule has 140 valence electrons. The molecule has 1 aromatic rings. The van der Waals surface area contributed by atoms with Gasteiger partial charge in [0.05, 0.1) is 13.2 Å². The van der Waals surface area contributed by atoms with Gasteiger partial charge >= 0.3 is 0 Å². The summed E-state index contributed by atoms with van der Waals surface area (Å²) in [6, 6.07) is 8.42. The van der Waals surface area contributed by atoms with Gasteiger partial charge in [0.15, 0.2) is 5.96 Å². The number of methoxy groups -OCH3 is 1. The molecule has 1 heterocycles. The van der Waals surface area contributed by atoms with Crippen LogP contribution >= 0.6 is 0 Å². The second-order valence-electron chi connectivity index (χ2n) is 7.09. The lowest BCUT2D eigenvalue weighted by molar-refractivity contribution is 0.0926. The SMILES string of the molecule is COCc1ccccc1NC(N)=NCC(C(C)C)N1CCN(C)CC1. The molecule has 25 heavy (non-hydrogen) atoms. The Morgan fingerprint density at radius 2 is 1.92 bits per heavy atom. The minimum absolute atomic E-state index is 0.420. The van der Waals surface area contributed by atoms with Crippen molar-refractivity contribution >= 4 is 11.6 Å². The fraction of sp³-hybridized carbons (Fsp3) is 0.632. The van der Waals surface area contributed by atoms with Gasteiger partial charge in [0, 0.05) is 50.6 Å². The van der Waals surface area contributed by atoms with Gasteiger partial charge in [-0.2, -0.15) is 0 Å². The Balaban J connectivity index is 1.98. The summed E-state index contributed by atoms with van der Waals surface area (Å²) in [5.41, 5.74) is 8.16. The zero-order chi connectivity index (χ0) is 18.2. The number of nitrogens with one attached hydrogen (secondary N) is 1. The van der Waals surface area contributed by atoms with Crippen molar-refractivity contribution in [1.29, 1.82) is 0 Å². The van der Waals surface area contributed by atoms with Gasteiger partial charge in [0.2, 0.25) is 0 Å². The van der Waals surface area contributed by atoms with E-state index in [-0.39, 0.29) is 0 Å². The highest BCUT2D eigenvalue weighted by atomic mass is 16.5. The van der Waals surface area contributed by atoms with Crippen molar-refractivity contribution in [3.05, 3.63) is 29.8 Å². The topological polar surface area (TPSA) is 66.1 Å². The number of nitrogens with zero attached hydrogens (tertiary/aromatic N) is 3. The van der Waals surface area contributed by atoms with Gasteiger partial charge in [-0.15, -0.1) is 0 Å². The van der Waals surface area contributed by atoms with E-state index in [4.69, 9.17) is 10.5 Å². The number of aliphatic imine (C=N–C) groups is 1. The Labute approximate surface area is 152 Å². The Bertz CT molecular complexity index is 553. The molecule has 1 aliphatic rings. The third-order valence-corrected chi connectivity index (χ3v) is 4.81. The molecule has 1 atom stereocenters. The van der Waals surface area contributed by atoms with Crippen LogP contribution in [0, 0.1) is 5.92 Å². The predicted octanol–water partition coefficient (Wildman–Crippen LogP) is 1.83. The Kier molecular flexibility index (Phi) is 7.68. The van der Waals surface area contributed by atoms with Gasteiger partial charge in [-0.25, -0.2) is 0 Å². The molecule has 0 aromatic heterocycles. The van der Waals surface area contributed by atoms with Crippen LogP contribution in [-0.4, -0.2) is 68.7 Å². The highest BCUT2D eigenvalue weighted by molar-refractivity contribution is 5.92. The van der Waals surface area contributed by atoms with E-state index in [2.05, 4.69) is 41.0 Å². The second kappa shape index (κ2) is 9.75. The van der Waals surface area contributed by atoms with Crippen molar-refractivity contribution in [2.75, 3.05) is 52.2 Å². The summed E-state index contributed by atoms with van der Waals surface area (Å²) in [7, 11) is 3.87. The maximum absolute atomic E-state index is 6.14.